The van der Waals surface area contributed by atoms with Crippen LogP contribution in [0.25, 0.3) is 0 Å². The molecule has 2 N–H and O–H groups in total. The van der Waals surface area contributed by atoms with Gasteiger partial charge in [-0.2, -0.15) is 0 Å². The lowest BCUT2D eigenvalue weighted by atomic mass is 10.3. The molecule has 1 aromatic rings. The number of nitrogens with two attached hydrogens (primary N) is 1. The van der Waals surface area contributed by atoms with Crippen LogP contribution in [0.15, 0.2) is 22.7 Å². The Morgan fingerprint density at radius 1 is 1.44 bits per heavy atom. The summed E-state index contributed by atoms with van der Waals surface area (Å²) in [6, 6.07) is 5.05. The zero-order valence-electron chi connectivity index (χ0n) is 9.14. The molecule has 0 saturated carbocycles. The van der Waals surface area contributed by atoms with Crippen molar-refractivity contribution in [3.05, 3.63) is 27.7 Å². The van der Waals surface area contributed by atoms with Gasteiger partial charge in [-0.05, 0) is 18.2 Å². The molecule has 0 bridgehead atoms. The molecular weight excluding hydrogens is 344 g/mol. The van der Waals surface area contributed by atoms with Crippen LogP contribution in [0.1, 0.15) is 6.42 Å². The summed E-state index contributed by atoms with van der Waals surface area (Å²) < 4.78 is 23.3. The van der Waals surface area contributed by atoms with Gasteiger partial charge in [-0.25, -0.2) is 13.6 Å². The number of hydrogen-bond acceptors (Lipinski definition) is 3. The average Bonchev–Trinajstić information content (AvgIpc) is 2.64. The lowest BCUT2D eigenvalue weighted by Gasteiger charge is -2.18. The van der Waals surface area contributed by atoms with Crippen molar-refractivity contribution in [3.63, 3.8) is 0 Å². The van der Waals surface area contributed by atoms with Crippen molar-refractivity contribution < 1.29 is 13.2 Å². The van der Waals surface area contributed by atoms with E-state index in [2.05, 4.69) is 15.9 Å². The minimum atomic E-state index is -3.72. The second-order valence-electron chi connectivity index (χ2n) is 4.02. The summed E-state index contributed by atoms with van der Waals surface area (Å²) in [5.41, 5.74) is 0.488. The molecule has 1 aromatic carbocycles. The van der Waals surface area contributed by atoms with Gasteiger partial charge < -0.3 is 4.90 Å². The average molecular weight is 354 g/mol. The number of sulfonamides is 1. The number of carbonyl (C=O) groups excluding carboxylic acids is 1. The number of hydrogen-bond donors (Lipinski definition) is 1. The minimum Gasteiger partial charge on any atom is -0.309 e. The first-order valence-corrected chi connectivity index (χ1v) is 7.84. The maximum absolute atomic E-state index is 11.8. The van der Waals surface area contributed by atoms with Gasteiger partial charge in [-0.1, -0.05) is 27.5 Å². The number of benzene rings is 1. The summed E-state index contributed by atoms with van der Waals surface area (Å²) in [4.78, 5) is 13.2. The number of rotatable bonds is 2. The number of carbonyl (C=O) groups is 1. The molecule has 1 unspecified atom stereocenters. The van der Waals surface area contributed by atoms with Crippen LogP contribution in [-0.4, -0.2) is 26.1 Å². The predicted octanol–water partition coefficient (Wildman–Crippen LogP) is 1.50. The van der Waals surface area contributed by atoms with Crippen molar-refractivity contribution in [3.8, 4) is 0 Å². The summed E-state index contributed by atoms with van der Waals surface area (Å²) >= 11 is 9.29. The zero-order valence-corrected chi connectivity index (χ0v) is 12.3. The molecule has 0 radical (unpaired) electrons. The number of amides is 1. The monoisotopic (exact) mass is 352 g/mol. The fourth-order valence-electron chi connectivity index (χ4n) is 1.82. The SMILES string of the molecule is NS(=O)(=O)C1CC(=O)N(c2cc(Br)ccc2Cl)C1. The largest absolute Gasteiger partial charge is 0.309 e. The van der Waals surface area contributed by atoms with E-state index < -0.39 is 15.3 Å². The first-order chi connectivity index (χ1) is 8.29. The van der Waals surface area contributed by atoms with Gasteiger partial charge in [-0.15, -0.1) is 0 Å². The minimum absolute atomic E-state index is 0.0356. The molecule has 18 heavy (non-hydrogen) atoms. The predicted molar refractivity (Wildman–Crippen MR) is 73.0 cm³/mol. The molecule has 0 aromatic heterocycles. The summed E-state index contributed by atoms with van der Waals surface area (Å²) in [5.74, 6) is -0.297. The van der Waals surface area contributed by atoms with Crippen LogP contribution in [0.4, 0.5) is 5.69 Å². The number of primary sulfonamides is 1. The first-order valence-electron chi connectivity index (χ1n) is 5.06. The Morgan fingerprint density at radius 2 is 2.11 bits per heavy atom. The van der Waals surface area contributed by atoms with Gasteiger partial charge in [0.05, 0.1) is 10.7 Å². The third-order valence-electron chi connectivity index (χ3n) is 2.75. The normalized spacial score (nSPS) is 20.5. The van der Waals surface area contributed by atoms with E-state index in [0.717, 1.165) is 4.47 Å². The third-order valence-corrected chi connectivity index (χ3v) is 4.81. The van der Waals surface area contributed by atoms with Gasteiger partial charge in [0.25, 0.3) is 0 Å². The van der Waals surface area contributed by atoms with E-state index in [-0.39, 0.29) is 18.9 Å². The van der Waals surface area contributed by atoms with E-state index in [1.54, 1.807) is 18.2 Å². The lowest BCUT2D eigenvalue weighted by molar-refractivity contribution is -0.117. The first kappa shape index (κ1) is 13.8. The second-order valence-corrected chi connectivity index (χ2v) is 7.18. The maximum Gasteiger partial charge on any atom is 0.228 e. The summed E-state index contributed by atoms with van der Waals surface area (Å²) in [5, 5.41) is 4.58. The Labute approximate surface area is 118 Å². The quantitative estimate of drug-likeness (QED) is 0.875. The lowest BCUT2D eigenvalue weighted by Crippen LogP contribution is -2.32. The van der Waals surface area contributed by atoms with Crippen LogP contribution in [0.5, 0.6) is 0 Å². The van der Waals surface area contributed by atoms with E-state index in [1.807, 2.05) is 0 Å². The fraction of sp³-hybridized carbons (Fsp3) is 0.300. The van der Waals surface area contributed by atoms with Crippen LogP contribution < -0.4 is 10.0 Å². The van der Waals surface area contributed by atoms with Crippen molar-refractivity contribution in [2.75, 3.05) is 11.4 Å². The molecule has 1 saturated heterocycles. The van der Waals surface area contributed by atoms with Gasteiger partial charge in [0, 0.05) is 17.4 Å². The highest BCUT2D eigenvalue weighted by Crippen LogP contribution is 2.32. The van der Waals surface area contributed by atoms with Crippen molar-refractivity contribution >= 4 is 49.1 Å². The smallest absolute Gasteiger partial charge is 0.228 e. The molecule has 98 valence electrons. The molecule has 1 fully saturated rings. The van der Waals surface area contributed by atoms with E-state index in [9.17, 15) is 13.2 Å². The highest BCUT2D eigenvalue weighted by atomic mass is 79.9. The van der Waals surface area contributed by atoms with Crippen LogP contribution in [0.3, 0.4) is 0 Å². The Balaban J connectivity index is 2.35. The topological polar surface area (TPSA) is 80.5 Å². The van der Waals surface area contributed by atoms with Gasteiger partial charge in [-0.3, -0.25) is 4.79 Å². The fourth-order valence-corrected chi connectivity index (χ4v) is 3.12. The second kappa shape index (κ2) is 4.80. The Morgan fingerprint density at radius 3 is 2.67 bits per heavy atom. The molecular formula is C10H10BrClN2O3S. The standard InChI is InChI=1S/C10H10BrClN2O3S/c11-6-1-2-8(12)9(3-6)14-5-7(4-10(14)15)18(13,16)17/h1-3,7H,4-5H2,(H2,13,16,17). The summed E-state index contributed by atoms with van der Waals surface area (Å²) in [6.07, 6.45) is -0.109. The van der Waals surface area contributed by atoms with Crippen molar-refractivity contribution in [2.45, 2.75) is 11.7 Å². The third kappa shape index (κ3) is 2.69. The van der Waals surface area contributed by atoms with E-state index in [4.69, 9.17) is 16.7 Å². The molecule has 0 aliphatic carbocycles. The molecule has 2 rings (SSSR count). The van der Waals surface area contributed by atoms with Gasteiger partial charge in [0.1, 0.15) is 5.25 Å². The molecule has 1 heterocycles. The maximum atomic E-state index is 11.8. The van der Waals surface area contributed by atoms with E-state index >= 15 is 0 Å². The summed E-state index contributed by atoms with van der Waals surface area (Å²) in [6.45, 7) is 0.0356. The van der Waals surface area contributed by atoms with Crippen molar-refractivity contribution in [1.29, 1.82) is 0 Å². The van der Waals surface area contributed by atoms with E-state index in [0.29, 0.717) is 10.7 Å². The molecule has 1 aliphatic rings. The molecule has 1 amide bonds. The van der Waals surface area contributed by atoms with Gasteiger partial charge in [0.15, 0.2) is 0 Å². The zero-order chi connectivity index (χ0) is 13.5. The molecule has 1 atom stereocenters. The van der Waals surface area contributed by atoms with Crippen LogP contribution >= 0.6 is 27.5 Å². The summed E-state index contributed by atoms with van der Waals surface area (Å²) in [7, 11) is -3.72. The van der Waals surface area contributed by atoms with E-state index in [1.165, 1.54) is 4.90 Å². The molecule has 0 spiro atoms. The number of halogens is 2. The highest BCUT2D eigenvalue weighted by molar-refractivity contribution is 9.10. The Kier molecular flexibility index (Phi) is 3.68. The van der Waals surface area contributed by atoms with Crippen molar-refractivity contribution in [2.24, 2.45) is 5.14 Å². The van der Waals surface area contributed by atoms with Crippen LogP contribution in [-0.2, 0) is 14.8 Å². The number of nitrogens with zero attached hydrogens (tertiary/aromatic N) is 1. The van der Waals surface area contributed by atoms with Crippen LogP contribution in [0.2, 0.25) is 5.02 Å². The highest BCUT2D eigenvalue weighted by Gasteiger charge is 2.37. The van der Waals surface area contributed by atoms with Gasteiger partial charge in [0.2, 0.25) is 15.9 Å². The molecule has 5 nitrogen and oxygen atoms in total. The Hall–Kier alpha value is -0.630. The number of anilines is 1. The molecule has 8 heteroatoms. The van der Waals surface area contributed by atoms with Crippen molar-refractivity contribution in [1.82, 2.24) is 0 Å². The molecule has 1 aliphatic heterocycles. The Bertz CT molecular complexity index is 605. The van der Waals surface area contributed by atoms with Gasteiger partial charge >= 0.3 is 0 Å². The van der Waals surface area contributed by atoms with Crippen LogP contribution in [0, 0.1) is 0 Å².